The molecule has 0 amide bonds. The van der Waals surface area contributed by atoms with E-state index in [2.05, 4.69) is 0 Å². The largest absolute Gasteiger partial charge is 0.396 e. The number of rotatable bonds is 5. The summed E-state index contributed by atoms with van der Waals surface area (Å²) in [5.74, 6) is 0.0247. The van der Waals surface area contributed by atoms with Gasteiger partial charge in [0.1, 0.15) is 5.60 Å². The highest BCUT2D eigenvalue weighted by Gasteiger charge is 2.42. The average Bonchev–Trinajstić information content (AvgIpc) is 2.08. The van der Waals surface area contributed by atoms with Gasteiger partial charge in [-0.3, -0.25) is 16.1 Å². The van der Waals surface area contributed by atoms with Gasteiger partial charge >= 0.3 is 0 Å². The van der Waals surface area contributed by atoms with Gasteiger partial charge in [0.05, 0.1) is 6.61 Å². The molecule has 76 valence electrons. The Morgan fingerprint density at radius 3 is 2.62 bits per heavy atom. The van der Waals surface area contributed by atoms with Crippen molar-refractivity contribution in [3.05, 3.63) is 0 Å². The molecule has 1 aliphatic carbocycles. The molecule has 0 heterocycles. The molecule has 0 aromatic carbocycles. The van der Waals surface area contributed by atoms with Crippen molar-refractivity contribution in [3.63, 3.8) is 0 Å². The summed E-state index contributed by atoms with van der Waals surface area (Å²) in [7, 11) is 0. The number of aliphatic hydroxyl groups is 1. The third-order valence-corrected chi connectivity index (χ3v) is 2.41. The van der Waals surface area contributed by atoms with E-state index in [0.29, 0.717) is 13.0 Å². The Bertz CT molecular complexity index is 180. The van der Waals surface area contributed by atoms with Crippen LogP contribution in [-0.2, 0) is 4.74 Å². The van der Waals surface area contributed by atoms with Crippen LogP contribution in [-0.4, -0.2) is 35.0 Å². The fraction of sp³-hybridized carbons (Fsp3) is 0.875. The van der Waals surface area contributed by atoms with E-state index >= 15 is 0 Å². The molecule has 0 aliphatic heterocycles. The second-order valence-corrected chi connectivity index (χ2v) is 3.26. The molecule has 0 aromatic heterocycles. The number of hydrogen-bond donors (Lipinski definition) is 4. The molecule has 0 radical (unpaired) electrons. The Kier molecular flexibility index (Phi) is 3.65. The summed E-state index contributed by atoms with van der Waals surface area (Å²) in [6.45, 7) is 0.524. The minimum absolute atomic E-state index is 0.0247. The highest BCUT2D eigenvalue weighted by atomic mass is 16.5. The Labute approximate surface area is 77.2 Å². The number of hydroxylamine groups is 1. The lowest BCUT2D eigenvalue weighted by Crippen LogP contribution is -2.52. The zero-order valence-corrected chi connectivity index (χ0v) is 7.55. The average molecular weight is 188 g/mol. The first-order chi connectivity index (χ1) is 6.25. The molecule has 1 aliphatic rings. The Balaban J connectivity index is 2.36. The van der Waals surface area contributed by atoms with Crippen molar-refractivity contribution < 1.29 is 15.1 Å². The number of amidine groups is 1. The number of nitrogens with one attached hydrogen (secondary N) is 2. The number of ether oxygens (including phenoxy) is 1. The molecule has 0 bridgehead atoms. The van der Waals surface area contributed by atoms with Crippen molar-refractivity contribution >= 4 is 5.84 Å². The normalized spacial score (nSPS) is 19.2. The summed E-state index contributed by atoms with van der Waals surface area (Å²) in [6, 6.07) is 0. The first kappa shape index (κ1) is 10.4. The van der Waals surface area contributed by atoms with E-state index in [0.717, 1.165) is 19.3 Å². The zero-order chi connectivity index (χ0) is 9.73. The van der Waals surface area contributed by atoms with Gasteiger partial charge in [0, 0.05) is 6.61 Å². The molecule has 13 heavy (non-hydrogen) atoms. The molecule has 4 N–H and O–H groups in total. The molecule has 5 nitrogen and oxygen atoms in total. The van der Waals surface area contributed by atoms with E-state index in [1.807, 2.05) is 5.48 Å². The van der Waals surface area contributed by atoms with Gasteiger partial charge < -0.3 is 9.84 Å². The predicted octanol–water partition coefficient (Wildman–Crippen LogP) is 0.264. The molecule has 1 saturated carbocycles. The summed E-state index contributed by atoms with van der Waals surface area (Å²) < 4.78 is 5.45. The highest BCUT2D eigenvalue weighted by molar-refractivity contribution is 5.87. The molecule has 0 spiro atoms. The third-order valence-electron chi connectivity index (χ3n) is 2.41. The monoisotopic (exact) mass is 188 g/mol. The van der Waals surface area contributed by atoms with Crippen LogP contribution in [0.5, 0.6) is 0 Å². The Hall–Kier alpha value is -0.650. The molecule has 0 unspecified atom stereocenters. The lowest BCUT2D eigenvalue weighted by Gasteiger charge is -2.41. The quantitative estimate of drug-likeness (QED) is 0.216. The van der Waals surface area contributed by atoms with Crippen molar-refractivity contribution in [3.8, 4) is 0 Å². The van der Waals surface area contributed by atoms with Crippen LogP contribution in [0, 0.1) is 5.41 Å². The molecule has 5 heteroatoms. The van der Waals surface area contributed by atoms with Gasteiger partial charge in [-0.2, -0.15) is 0 Å². The number of hydrogen-bond acceptors (Lipinski definition) is 4. The topological polar surface area (TPSA) is 85.6 Å². The van der Waals surface area contributed by atoms with E-state index in [-0.39, 0.29) is 12.4 Å². The van der Waals surface area contributed by atoms with Crippen LogP contribution in [0.4, 0.5) is 0 Å². The molecule has 0 saturated heterocycles. The van der Waals surface area contributed by atoms with Gasteiger partial charge in [-0.05, 0) is 25.7 Å². The summed E-state index contributed by atoms with van der Waals surface area (Å²) in [6.07, 6.45) is 3.12. The number of aliphatic hydroxyl groups excluding tert-OH is 1. The molecular formula is C8H16N2O3. The minimum atomic E-state index is -0.607. The van der Waals surface area contributed by atoms with Crippen molar-refractivity contribution in [2.75, 3.05) is 13.2 Å². The minimum Gasteiger partial charge on any atom is -0.396 e. The summed E-state index contributed by atoms with van der Waals surface area (Å²) in [5.41, 5.74) is 1.22. The van der Waals surface area contributed by atoms with Crippen LogP contribution in [0.15, 0.2) is 0 Å². The Morgan fingerprint density at radius 1 is 1.54 bits per heavy atom. The van der Waals surface area contributed by atoms with Gasteiger partial charge in [-0.1, -0.05) is 0 Å². The molecule has 1 fully saturated rings. The Morgan fingerprint density at radius 2 is 2.23 bits per heavy atom. The standard InChI is InChI=1S/C8H16N2O3/c9-7(10-12)8(3-1-4-8)13-6-2-5-11/h11-12H,1-6H2,(H2,9,10). The lowest BCUT2D eigenvalue weighted by molar-refractivity contribution is -0.0576. The lowest BCUT2D eigenvalue weighted by atomic mass is 9.79. The van der Waals surface area contributed by atoms with Gasteiger partial charge in [0.2, 0.25) is 0 Å². The van der Waals surface area contributed by atoms with Gasteiger partial charge in [-0.25, -0.2) is 0 Å². The van der Waals surface area contributed by atoms with Crippen LogP contribution < -0.4 is 5.48 Å². The van der Waals surface area contributed by atoms with Crippen molar-refractivity contribution in [1.29, 1.82) is 5.41 Å². The first-order valence-electron chi connectivity index (χ1n) is 4.49. The second kappa shape index (κ2) is 4.55. The molecular weight excluding hydrogens is 172 g/mol. The van der Waals surface area contributed by atoms with Crippen LogP contribution in [0.2, 0.25) is 0 Å². The van der Waals surface area contributed by atoms with E-state index < -0.39 is 5.60 Å². The first-order valence-corrected chi connectivity index (χ1v) is 4.49. The predicted molar refractivity (Wildman–Crippen MR) is 46.9 cm³/mol. The van der Waals surface area contributed by atoms with Gasteiger partial charge in [0.15, 0.2) is 5.84 Å². The molecule has 0 aromatic rings. The van der Waals surface area contributed by atoms with Crippen LogP contribution >= 0.6 is 0 Å². The molecule has 0 atom stereocenters. The fourth-order valence-corrected chi connectivity index (χ4v) is 1.40. The van der Waals surface area contributed by atoms with Crippen LogP contribution in [0.3, 0.4) is 0 Å². The van der Waals surface area contributed by atoms with Crippen molar-refractivity contribution in [1.82, 2.24) is 5.48 Å². The summed E-state index contributed by atoms with van der Waals surface area (Å²) in [5, 5.41) is 24.6. The SMILES string of the molecule is N=C(NO)C1(OCCCO)CCC1. The van der Waals surface area contributed by atoms with E-state index in [1.54, 1.807) is 0 Å². The van der Waals surface area contributed by atoms with Gasteiger partial charge in [0.25, 0.3) is 0 Å². The van der Waals surface area contributed by atoms with Crippen molar-refractivity contribution in [2.24, 2.45) is 0 Å². The van der Waals surface area contributed by atoms with E-state index in [4.69, 9.17) is 20.5 Å². The fourth-order valence-electron chi connectivity index (χ4n) is 1.40. The van der Waals surface area contributed by atoms with Crippen LogP contribution in [0.25, 0.3) is 0 Å². The van der Waals surface area contributed by atoms with E-state index in [1.165, 1.54) is 0 Å². The maximum Gasteiger partial charge on any atom is 0.150 e. The van der Waals surface area contributed by atoms with Crippen molar-refractivity contribution in [2.45, 2.75) is 31.3 Å². The van der Waals surface area contributed by atoms with Gasteiger partial charge in [-0.15, -0.1) is 0 Å². The maximum absolute atomic E-state index is 8.59. The van der Waals surface area contributed by atoms with E-state index in [9.17, 15) is 0 Å². The molecule has 1 rings (SSSR count). The third kappa shape index (κ3) is 2.18. The zero-order valence-electron chi connectivity index (χ0n) is 7.55. The second-order valence-electron chi connectivity index (χ2n) is 3.26. The highest BCUT2D eigenvalue weighted by Crippen LogP contribution is 2.35. The van der Waals surface area contributed by atoms with Crippen LogP contribution in [0.1, 0.15) is 25.7 Å². The maximum atomic E-state index is 8.59. The summed E-state index contributed by atoms with van der Waals surface area (Å²) in [4.78, 5) is 0. The summed E-state index contributed by atoms with van der Waals surface area (Å²) >= 11 is 0. The smallest absolute Gasteiger partial charge is 0.150 e.